The zero-order valence-electron chi connectivity index (χ0n) is 12.3. The van der Waals surface area contributed by atoms with Crippen molar-refractivity contribution in [3.8, 4) is 0 Å². The van der Waals surface area contributed by atoms with Gasteiger partial charge in [0.1, 0.15) is 0 Å². The van der Waals surface area contributed by atoms with Crippen LogP contribution in [0.2, 0.25) is 0 Å². The van der Waals surface area contributed by atoms with Gasteiger partial charge in [-0.1, -0.05) is 25.5 Å². The van der Waals surface area contributed by atoms with E-state index in [9.17, 15) is 8.42 Å². The summed E-state index contributed by atoms with van der Waals surface area (Å²) in [6.45, 7) is 7.79. The highest BCUT2D eigenvalue weighted by Gasteiger charge is 2.26. The molecule has 5 nitrogen and oxygen atoms in total. The zero-order valence-corrected chi connectivity index (χ0v) is 13.1. The first-order valence-electron chi connectivity index (χ1n) is 6.96. The first-order chi connectivity index (χ1) is 9.39. The van der Waals surface area contributed by atoms with Crippen molar-refractivity contribution in [1.82, 2.24) is 14.6 Å². The second kappa shape index (κ2) is 6.11. The molecular formula is C14H23N3O2S. The topological polar surface area (TPSA) is 65.2 Å². The van der Waals surface area contributed by atoms with Crippen molar-refractivity contribution < 1.29 is 8.42 Å². The Hall–Kier alpha value is -1.11. The van der Waals surface area contributed by atoms with Gasteiger partial charge in [0, 0.05) is 37.6 Å². The Kier molecular flexibility index (Phi) is 4.67. The van der Waals surface area contributed by atoms with Crippen molar-refractivity contribution in [2.45, 2.75) is 44.7 Å². The van der Waals surface area contributed by atoms with Gasteiger partial charge in [-0.2, -0.15) is 4.31 Å². The molecule has 0 spiro atoms. The number of aromatic amines is 1. The predicted octanol–water partition coefficient (Wildman–Crippen LogP) is 1.85. The molecule has 0 bridgehead atoms. The minimum Gasteiger partial charge on any atom is -0.363 e. The molecule has 20 heavy (non-hydrogen) atoms. The average Bonchev–Trinajstić information content (AvgIpc) is 2.86. The third-order valence-electron chi connectivity index (χ3n) is 3.35. The number of H-pyrrole nitrogens is 1. The van der Waals surface area contributed by atoms with E-state index in [0.717, 1.165) is 17.7 Å². The van der Waals surface area contributed by atoms with Crippen molar-refractivity contribution in [3.63, 3.8) is 0 Å². The van der Waals surface area contributed by atoms with Crippen LogP contribution in [-0.2, 0) is 16.6 Å². The number of sulfonamides is 1. The third-order valence-corrected chi connectivity index (χ3v) is 5.17. The van der Waals surface area contributed by atoms with Gasteiger partial charge in [-0.15, -0.1) is 0 Å². The summed E-state index contributed by atoms with van der Waals surface area (Å²) in [6, 6.07) is 2.09. The molecule has 0 amide bonds. The van der Waals surface area contributed by atoms with Gasteiger partial charge in [-0.25, -0.2) is 8.42 Å². The van der Waals surface area contributed by atoms with E-state index in [1.54, 1.807) is 16.6 Å². The van der Waals surface area contributed by atoms with Gasteiger partial charge in [0.25, 0.3) is 0 Å². The van der Waals surface area contributed by atoms with E-state index in [2.05, 4.69) is 30.2 Å². The van der Waals surface area contributed by atoms with E-state index in [4.69, 9.17) is 0 Å². The molecular weight excluding hydrogens is 274 g/mol. The van der Waals surface area contributed by atoms with Gasteiger partial charge in [0.15, 0.2) is 0 Å². The quantitative estimate of drug-likeness (QED) is 0.815. The van der Waals surface area contributed by atoms with Crippen molar-refractivity contribution in [3.05, 3.63) is 29.6 Å². The Morgan fingerprint density at radius 1 is 1.45 bits per heavy atom. The number of hydrogen-bond acceptors (Lipinski definition) is 3. The molecule has 0 saturated carbocycles. The molecule has 1 aromatic heterocycles. The summed E-state index contributed by atoms with van der Waals surface area (Å²) < 4.78 is 26.6. The second-order valence-electron chi connectivity index (χ2n) is 5.57. The fraction of sp³-hybridized carbons (Fsp3) is 0.571. The fourth-order valence-corrected chi connectivity index (χ4v) is 3.73. The van der Waals surface area contributed by atoms with E-state index in [1.807, 2.05) is 6.92 Å². The van der Waals surface area contributed by atoms with Gasteiger partial charge in [0.2, 0.25) is 10.0 Å². The lowest BCUT2D eigenvalue weighted by Crippen LogP contribution is -2.35. The largest absolute Gasteiger partial charge is 0.363 e. The Morgan fingerprint density at radius 2 is 2.20 bits per heavy atom. The zero-order chi connectivity index (χ0) is 14.8. The molecule has 112 valence electrons. The van der Waals surface area contributed by atoms with Crippen LogP contribution in [0, 0.1) is 0 Å². The van der Waals surface area contributed by atoms with Gasteiger partial charge in [-0.05, 0) is 19.4 Å². The van der Waals surface area contributed by atoms with Gasteiger partial charge >= 0.3 is 0 Å². The average molecular weight is 297 g/mol. The summed E-state index contributed by atoms with van der Waals surface area (Å²) in [7, 11) is -3.38. The van der Waals surface area contributed by atoms with Crippen LogP contribution in [0.5, 0.6) is 0 Å². The number of hydrogen-bond donors (Lipinski definition) is 2. The number of nitrogens with one attached hydrogen (secondary N) is 2. The molecule has 1 aromatic rings. The molecule has 1 aliphatic heterocycles. The maximum Gasteiger partial charge on any atom is 0.244 e. The van der Waals surface area contributed by atoms with Crippen molar-refractivity contribution in [2.75, 3.05) is 13.1 Å². The summed E-state index contributed by atoms with van der Waals surface area (Å²) in [6.07, 6.45) is 4.47. The van der Waals surface area contributed by atoms with E-state index < -0.39 is 10.0 Å². The lowest BCUT2D eigenvalue weighted by atomic mass is 10.2. The van der Waals surface area contributed by atoms with Crippen LogP contribution in [0.4, 0.5) is 0 Å². The van der Waals surface area contributed by atoms with Crippen molar-refractivity contribution >= 4 is 10.0 Å². The predicted molar refractivity (Wildman–Crippen MR) is 79.9 cm³/mol. The molecule has 0 fully saturated rings. The van der Waals surface area contributed by atoms with Crippen molar-refractivity contribution in [1.29, 1.82) is 0 Å². The number of rotatable bonds is 5. The lowest BCUT2D eigenvalue weighted by molar-refractivity contribution is 0.428. The second-order valence-corrected chi connectivity index (χ2v) is 7.51. The molecule has 0 aromatic carbocycles. The molecule has 2 N–H and O–H groups in total. The Morgan fingerprint density at radius 3 is 2.85 bits per heavy atom. The maximum atomic E-state index is 12.5. The fourth-order valence-electron chi connectivity index (χ4n) is 2.21. The minimum atomic E-state index is -3.38. The Labute approximate surface area is 121 Å². The molecule has 0 saturated heterocycles. The number of nitrogens with zero attached hydrogens (tertiary/aromatic N) is 1. The summed E-state index contributed by atoms with van der Waals surface area (Å²) in [4.78, 5) is 3.39. The van der Waals surface area contributed by atoms with Crippen LogP contribution in [0.15, 0.2) is 28.8 Å². The van der Waals surface area contributed by atoms with Gasteiger partial charge in [-0.3, -0.25) is 0 Å². The summed E-state index contributed by atoms with van der Waals surface area (Å²) in [5.74, 6) is 0. The molecule has 6 heteroatoms. The SMILES string of the molecule is CC1=CCCN(S(=O)(=O)c2c[nH]c(CNC(C)C)c2)C1. The normalized spacial score (nSPS) is 17.5. The summed E-state index contributed by atoms with van der Waals surface area (Å²) >= 11 is 0. The monoisotopic (exact) mass is 297 g/mol. The van der Waals surface area contributed by atoms with Crippen LogP contribution in [0.3, 0.4) is 0 Å². The van der Waals surface area contributed by atoms with Crippen LogP contribution in [-0.4, -0.2) is 36.8 Å². The highest BCUT2D eigenvalue weighted by atomic mass is 32.2. The third kappa shape index (κ3) is 3.50. The van der Waals surface area contributed by atoms with E-state index in [-0.39, 0.29) is 0 Å². The molecule has 0 unspecified atom stereocenters. The van der Waals surface area contributed by atoms with Gasteiger partial charge < -0.3 is 10.3 Å². The van der Waals surface area contributed by atoms with Gasteiger partial charge in [0.05, 0.1) is 4.90 Å². The Balaban J connectivity index is 2.12. The first kappa shape index (κ1) is 15.3. The smallest absolute Gasteiger partial charge is 0.244 e. The highest BCUT2D eigenvalue weighted by molar-refractivity contribution is 7.89. The van der Waals surface area contributed by atoms with Crippen LogP contribution in [0.25, 0.3) is 0 Å². The number of aromatic nitrogens is 1. The summed E-state index contributed by atoms with van der Waals surface area (Å²) in [5, 5.41) is 3.26. The molecule has 1 aliphatic rings. The minimum absolute atomic E-state index is 0.354. The standard InChI is InChI=1S/C14H23N3O2S/c1-11(2)15-8-13-7-14(9-16-13)20(18,19)17-6-4-5-12(3)10-17/h5,7,9,11,15-16H,4,6,8,10H2,1-3H3. The first-order valence-corrected chi connectivity index (χ1v) is 8.40. The van der Waals surface area contributed by atoms with E-state index in [0.29, 0.717) is 30.6 Å². The maximum absolute atomic E-state index is 12.5. The highest BCUT2D eigenvalue weighted by Crippen LogP contribution is 2.21. The molecule has 0 atom stereocenters. The Bertz CT molecular complexity index is 587. The summed E-state index contributed by atoms with van der Waals surface area (Å²) in [5.41, 5.74) is 2.00. The molecule has 0 radical (unpaired) electrons. The van der Waals surface area contributed by atoms with Crippen LogP contribution < -0.4 is 5.32 Å². The molecule has 2 heterocycles. The van der Waals surface area contributed by atoms with Crippen LogP contribution in [0.1, 0.15) is 32.9 Å². The molecule has 0 aliphatic carbocycles. The van der Waals surface area contributed by atoms with E-state index in [1.165, 1.54) is 0 Å². The van der Waals surface area contributed by atoms with Crippen LogP contribution >= 0.6 is 0 Å². The molecule has 2 rings (SSSR count). The van der Waals surface area contributed by atoms with Crippen molar-refractivity contribution in [2.24, 2.45) is 0 Å². The van der Waals surface area contributed by atoms with E-state index >= 15 is 0 Å². The lowest BCUT2D eigenvalue weighted by Gasteiger charge is -2.24.